The highest BCUT2D eigenvalue weighted by Gasteiger charge is 2.19. The molecule has 0 aromatic heterocycles. The Morgan fingerprint density at radius 2 is 1.50 bits per heavy atom. The fourth-order valence-corrected chi connectivity index (χ4v) is 2.91. The fourth-order valence-electron chi connectivity index (χ4n) is 2.91. The third kappa shape index (κ3) is 7.44. The van der Waals surface area contributed by atoms with Gasteiger partial charge in [-0.25, -0.2) is 0 Å². The summed E-state index contributed by atoms with van der Waals surface area (Å²) in [6, 6.07) is 0. The van der Waals surface area contributed by atoms with Gasteiger partial charge in [0.2, 0.25) is 0 Å². The zero-order valence-electron chi connectivity index (χ0n) is 13.7. The van der Waals surface area contributed by atoms with Crippen LogP contribution in [-0.4, -0.2) is 0 Å². The van der Waals surface area contributed by atoms with Crippen molar-refractivity contribution in [2.45, 2.75) is 92.4 Å². The van der Waals surface area contributed by atoms with Crippen molar-refractivity contribution in [3.63, 3.8) is 0 Å². The van der Waals surface area contributed by atoms with Crippen molar-refractivity contribution in [3.05, 3.63) is 6.92 Å². The molecule has 0 nitrogen and oxygen atoms in total. The van der Waals surface area contributed by atoms with Crippen molar-refractivity contribution in [1.29, 1.82) is 0 Å². The molecule has 0 saturated carbocycles. The molecule has 0 aliphatic rings. The molecule has 0 saturated heterocycles. The van der Waals surface area contributed by atoms with Gasteiger partial charge < -0.3 is 0 Å². The van der Waals surface area contributed by atoms with E-state index in [9.17, 15) is 0 Å². The Bertz CT molecular complexity index is 174. The van der Waals surface area contributed by atoms with Gasteiger partial charge in [0, 0.05) is 0 Å². The highest BCUT2D eigenvalue weighted by Crippen LogP contribution is 2.32. The molecule has 0 amide bonds. The largest absolute Gasteiger partial charge is 0.0651 e. The smallest absolute Gasteiger partial charge is 0.0302 e. The summed E-state index contributed by atoms with van der Waals surface area (Å²) < 4.78 is 0. The molecule has 0 aromatic carbocycles. The van der Waals surface area contributed by atoms with E-state index in [1.807, 2.05) is 0 Å². The van der Waals surface area contributed by atoms with E-state index in [0.29, 0.717) is 5.41 Å². The Kier molecular flexibility index (Phi) is 9.87. The molecule has 109 valence electrons. The van der Waals surface area contributed by atoms with Crippen molar-refractivity contribution in [3.8, 4) is 0 Å². The maximum atomic E-state index is 4.40. The van der Waals surface area contributed by atoms with E-state index in [0.717, 1.165) is 11.8 Å². The predicted molar refractivity (Wildman–Crippen MR) is 84.7 cm³/mol. The lowest BCUT2D eigenvalue weighted by Gasteiger charge is -2.26. The summed E-state index contributed by atoms with van der Waals surface area (Å²) in [5.41, 5.74) is 0.360. The molecular weight excluding hydrogens is 216 g/mol. The molecule has 0 heteroatoms. The minimum absolute atomic E-state index is 0.360. The minimum Gasteiger partial charge on any atom is -0.0651 e. The molecule has 0 aliphatic heterocycles. The second kappa shape index (κ2) is 9.87. The molecule has 0 N–H and O–H groups in total. The van der Waals surface area contributed by atoms with Crippen LogP contribution in [0.4, 0.5) is 0 Å². The van der Waals surface area contributed by atoms with Crippen LogP contribution in [0.15, 0.2) is 0 Å². The second-order valence-corrected chi connectivity index (χ2v) is 6.48. The van der Waals surface area contributed by atoms with Gasteiger partial charge >= 0.3 is 0 Å². The number of hydrogen-bond acceptors (Lipinski definition) is 0. The first kappa shape index (κ1) is 18.0. The Balaban J connectivity index is 3.71. The van der Waals surface area contributed by atoms with Crippen molar-refractivity contribution >= 4 is 0 Å². The maximum Gasteiger partial charge on any atom is -0.0302 e. The highest BCUT2D eigenvalue weighted by atomic mass is 14.2. The van der Waals surface area contributed by atoms with E-state index >= 15 is 0 Å². The van der Waals surface area contributed by atoms with Gasteiger partial charge in [0.1, 0.15) is 0 Å². The third-order valence-corrected chi connectivity index (χ3v) is 5.04. The Morgan fingerprint density at radius 3 is 1.94 bits per heavy atom. The van der Waals surface area contributed by atoms with Crippen LogP contribution in [0.25, 0.3) is 0 Å². The van der Waals surface area contributed by atoms with Crippen LogP contribution in [0.1, 0.15) is 92.4 Å². The lowest BCUT2D eigenvalue weighted by molar-refractivity contribution is 0.294. The molecular formula is C18H37. The lowest BCUT2D eigenvalue weighted by atomic mass is 9.79. The van der Waals surface area contributed by atoms with Gasteiger partial charge in [-0.1, -0.05) is 79.6 Å². The molecule has 1 unspecified atom stereocenters. The molecule has 0 aromatic rings. The second-order valence-electron chi connectivity index (χ2n) is 6.48. The first-order valence-electron chi connectivity index (χ1n) is 8.36. The van der Waals surface area contributed by atoms with Gasteiger partial charge in [-0.2, -0.15) is 0 Å². The average Bonchev–Trinajstić information content (AvgIpc) is 2.40. The maximum absolute atomic E-state index is 4.40. The number of rotatable bonds is 11. The van der Waals surface area contributed by atoms with Gasteiger partial charge in [0.05, 0.1) is 0 Å². The molecule has 0 aliphatic carbocycles. The normalized spacial score (nSPS) is 14.2. The average molecular weight is 253 g/mol. The van der Waals surface area contributed by atoms with Crippen LogP contribution in [0, 0.1) is 24.2 Å². The summed E-state index contributed by atoms with van der Waals surface area (Å²) >= 11 is 0. The van der Waals surface area contributed by atoms with E-state index in [2.05, 4.69) is 41.5 Å². The first-order chi connectivity index (χ1) is 8.51. The number of hydrogen-bond donors (Lipinski definition) is 0. The van der Waals surface area contributed by atoms with E-state index in [-0.39, 0.29) is 0 Å². The van der Waals surface area contributed by atoms with Gasteiger partial charge in [-0.15, -0.1) is 0 Å². The first-order valence-corrected chi connectivity index (χ1v) is 8.36. The molecule has 0 bridgehead atoms. The summed E-state index contributed by atoms with van der Waals surface area (Å²) in [7, 11) is 0. The molecule has 0 heterocycles. The van der Waals surface area contributed by atoms with Crippen LogP contribution in [0.5, 0.6) is 0 Å². The van der Waals surface area contributed by atoms with Crippen LogP contribution >= 0.6 is 0 Å². The quantitative estimate of drug-likeness (QED) is 0.362. The monoisotopic (exact) mass is 253 g/mol. The zero-order chi connectivity index (χ0) is 14.0. The molecule has 1 radical (unpaired) electrons. The summed E-state index contributed by atoms with van der Waals surface area (Å²) in [5.74, 6) is 1.87. The van der Waals surface area contributed by atoms with E-state index in [4.69, 9.17) is 0 Å². The molecule has 0 spiro atoms. The molecule has 0 fully saturated rings. The van der Waals surface area contributed by atoms with Crippen LogP contribution in [-0.2, 0) is 0 Å². The van der Waals surface area contributed by atoms with Crippen molar-refractivity contribution < 1.29 is 0 Å². The third-order valence-electron chi connectivity index (χ3n) is 5.04. The molecule has 1 atom stereocenters. The Labute approximate surface area is 117 Å². The van der Waals surface area contributed by atoms with Crippen LogP contribution in [0.2, 0.25) is 0 Å². The van der Waals surface area contributed by atoms with Gasteiger partial charge in [0.15, 0.2) is 0 Å². The standard InChI is InChI=1S/C18H37/c1-7-17(8-2)15-16(5)13-11-12-14-18(6,9-3)10-4/h16-17H,6-15H2,1-5H3. The van der Waals surface area contributed by atoms with E-state index < -0.39 is 0 Å². The zero-order valence-corrected chi connectivity index (χ0v) is 13.7. The van der Waals surface area contributed by atoms with Crippen LogP contribution in [0.3, 0.4) is 0 Å². The van der Waals surface area contributed by atoms with Gasteiger partial charge in [-0.05, 0) is 37.0 Å². The minimum atomic E-state index is 0.360. The lowest BCUT2D eigenvalue weighted by Crippen LogP contribution is -2.14. The number of unbranched alkanes of at least 4 members (excludes halogenated alkanes) is 1. The summed E-state index contributed by atoms with van der Waals surface area (Å²) in [6.07, 6.45) is 12.1. The van der Waals surface area contributed by atoms with E-state index in [1.165, 1.54) is 57.8 Å². The summed E-state index contributed by atoms with van der Waals surface area (Å²) in [5, 5.41) is 0. The van der Waals surface area contributed by atoms with E-state index in [1.54, 1.807) is 0 Å². The Hall–Kier alpha value is 0. The highest BCUT2D eigenvalue weighted by molar-refractivity contribution is 4.78. The van der Waals surface area contributed by atoms with Crippen molar-refractivity contribution in [1.82, 2.24) is 0 Å². The summed E-state index contributed by atoms with van der Waals surface area (Å²) in [4.78, 5) is 0. The van der Waals surface area contributed by atoms with Gasteiger partial charge in [0.25, 0.3) is 0 Å². The fraction of sp³-hybridized carbons (Fsp3) is 0.944. The SMILES string of the molecule is [CH2]C(CC)(CC)CCCCC(C)CC(CC)CC. The van der Waals surface area contributed by atoms with Gasteiger partial charge in [-0.3, -0.25) is 0 Å². The predicted octanol–water partition coefficient (Wildman–Crippen LogP) is 6.65. The topological polar surface area (TPSA) is 0 Å². The molecule has 0 rings (SSSR count). The Morgan fingerprint density at radius 1 is 0.944 bits per heavy atom. The molecule has 18 heavy (non-hydrogen) atoms. The summed E-state index contributed by atoms with van der Waals surface area (Å²) in [6.45, 7) is 16.1. The van der Waals surface area contributed by atoms with Crippen molar-refractivity contribution in [2.75, 3.05) is 0 Å². The van der Waals surface area contributed by atoms with Crippen molar-refractivity contribution in [2.24, 2.45) is 17.3 Å². The van der Waals surface area contributed by atoms with Crippen LogP contribution < -0.4 is 0 Å².